The van der Waals surface area contributed by atoms with Crippen LogP contribution >= 0.6 is 23.2 Å². The second kappa shape index (κ2) is 7.89. The maximum absolute atomic E-state index is 10.2. The minimum Gasteiger partial charge on any atom is -0.373 e. The van der Waals surface area contributed by atoms with Gasteiger partial charge in [0.05, 0.1) is 21.4 Å². The molecular weight excluding hydrogens is 385 g/mol. The van der Waals surface area contributed by atoms with Crippen molar-refractivity contribution in [3.8, 4) is 11.1 Å². The zero-order valence-electron chi connectivity index (χ0n) is 15.5. The smallest absolute Gasteiger partial charge is 0.225 e. The van der Waals surface area contributed by atoms with E-state index in [2.05, 4.69) is 21.8 Å². The minimum absolute atomic E-state index is 0.149. The molecule has 1 saturated heterocycles. The van der Waals surface area contributed by atoms with E-state index < -0.39 is 6.23 Å². The van der Waals surface area contributed by atoms with Crippen LogP contribution in [-0.4, -0.2) is 34.7 Å². The molecule has 146 valence electrons. The first-order valence-corrected chi connectivity index (χ1v) is 9.73. The van der Waals surface area contributed by atoms with Crippen molar-refractivity contribution in [1.82, 2.24) is 9.97 Å². The molecule has 0 aliphatic carbocycles. The summed E-state index contributed by atoms with van der Waals surface area (Å²) in [4.78, 5) is 11.4. The summed E-state index contributed by atoms with van der Waals surface area (Å²) in [5.41, 5.74) is 14.2. The van der Waals surface area contributed by atoms with E-state index in [4.69, 9.17) is 34.7 Å². The van der Waals surface area contributed by atoms with Crippen LogP contribution in [0.15, 0.2) is 18.2 Å². The Morgan fingerprint density at radius 2 is 1.93 bits per heavy atom. The number of hydrogen-bond acceptors (Lipinski definition) is 6. The van der Waals surface area contributed by atoms with E-state index in [9.17, 15) is 5.11 Å². The summed E-state index contributed by atoms with van der Waals surface area (Å²) >= 11 is 12.5. The van der Waals surface area contributed by atoms with Crippen molar-refractivity contribution in [3.05, 3.63) is 39.6 Å². The van der Waals surface area contributed by atoms with Crippen molar-refractivity contribution in [2.75, 3.05) is 24.5 Å². The van der Waals surface area contributed by atoms with Crippen LogP contribution in [0, 0.1) is 12.3 Å². The van der Waals surface area contributed by atoms with Gasteiger partial charge in [0.2, 0.25) is 5.95 Å². The molecule has 27 heavy (non-hydrogen) atoms. The number of halogens is 2. The van der Waals surface area contributed by atoms with Crippen LogP contribution in [-0.2, 0) is 0 Å². The van der Waals surface area contributed by atoms with Gasteiger partial charge in [-0.1, -0.05) is 42.3 Å². The number of rotatable bonds is 4. The SMILES string of the molecule is Cc1nc(N2CCC(C)(CN)CC2)nc(C(N)O)c1-c1cccc(Cl)c1Cl. The quantitative estimate of drug-likeness (QED) is 0.669. The molecular formula is C19H25Cl2N5O. The second-order valence-corrected chi connectivity index (χ2v) is 8.20. The number of aliphatic hydroxyl groups is 1. The number of aryl methyl sites for hydroxylation is 1. The van der Waals surface area contributed by atoms with Crippen molar-refractivity contribution >= 4 is 29.2 Å². The number of aliphatic hydroxyl groups excluding tert-OH is 1. The molecule has 1 fully saturated rings. The molecule has 0 saturated carbocycles. The van der Waals surface area contributed by atoms with E-state index in [0.29, 0.717) is 45.1 Å². The Hall–Kier alpha value is -1.44. The topological polar surface area (TPSA) is 101 Å². The number of hydrogen-bond donors (Lipinski definition) is 3. The molecule has 2 aromatic rings. The standard InChI is InChI=1S/C19H25Cl2N5O/c1-11-14(12-4-3-5-13(20)15(12)21)16(17(23)27)25-18(24-11)26-8-6-19(2,10-22)7-9-26/h3-5,17,27H,6-10,22-23H2,1-2H3. The van der Waals surface area contributed by atoms with Gasteiger partial charge in [-0.2, -0.15) is 0 Å². The predicted octanol–water partition coefficient (Wildman–Crippen LogP) is 3.27. The first kappa shape index (κ1) is 20.3. The lowest BCUT2D eigenvalue weighted by molar-refractivity contribution is 0.181. The molecule has 5 N–H and O–H groups in total. The molecule has 8 heteroatoms. The maximum atomic E-state index is 10.2. The Balaban J connectivity index is 2.03. The van der Waals surface area contributed by atoms with Crippen molar-refractivity contribution in [2.24, 2.45) is 16.9 Å². The van der Waals surface area contributed by atoms with Gasteiger partial charge >= 0.3 is 0 Å². The molecule has 1 aromatic heterocycles. The summed E-state index contributed by atoms with van der Waals surface area (Å²) in [6.07, 6.45) is 0.678. The van der Waals surface area contributed by atoms with Crippen LogP contribution in [0.1, 0.15) is 37.4 Å². The Morgan fingerprint density at radius 1 is 1.26 bits per heavy atom. The molecule has 1 aliphatic rings. The van der Waals surface area contributed by atoms with E-state index in [-0.39, 0.29) is 5.41 Å². The highest BCUT2D eigenvalue weighted by Crippen LogP contribution is 2.38. The number of nitrogens with two attached hydrogens (primary N) is 2. The summed E-state index contributed by atoms with van der Waals surface area (Å²) in [6, 6.07) is 5.32. The lowest BCUT2D eigenvalue weighted by Gasteiger charge is -2.39. The summed E-state index contributed by atoms with van der Waals surface area (Å²) < 4.78 is 0. The van der Waals surface area contributed by atoms with E-state index in [1.807, 2.05) is 13.0 Å². The van der Waals surface area contributed by atoms with Crippen LogP contribution in [0.3, 0.4) is 0 Å². The zero-order chi connectivity index (χ0) is 19.8. The minimum atomic E-state index is -1.26. The van der Waals surface area contributed by atoms with Crippen LogP contribution in [0.25, 0.3) is 11.1 Å². The fourth-order valence-corrected chi connectivity index (χ4v) is 3.81. The average molecular weight is 410 g/mol. The highest BCUT2D eigenvalue weighted by molar-refractivity contribution is 6.43. The van der Waals surface area contributed by atoms with Gasteiger partial charge in [0.25, 0.3) is 0 Å². The van der Waals surface area contributed by atoms with Crippen LogP contribution in [0.5, 0.6) is 0 Å². The van der Waals surface area contributed by atoms with Crippen molar-refractivity contribution in [1.29, 1.82) is 0 Å². The predicted molar refractivity (Wildman–Crippen MR) is 110 cm³/mol. The van der Waals surface area contributed by atoms with Crippen LogP contribution < -0.4 is 16.4 Å². The third-order valence-corrected chi connectivity index (χ3v) is 6.17. The first-order valence-electron chi connectivity index (χ1n) is 8.97. The number of anilines is 1. The summed E-state index contributed by atoms with van der Waals surface area (Å²) in [5, 5.41) is 11.0. The van der Waals surface area contributed by atoms with E-state index >= 15 is 0 Å². The molecule has 1 unspecified atom stereocenters. The molecule has 0 spiro atoms. The molecule has 0 radical (unpaired) electrons. The summed E-state index contributed by atoms with van der Waals surface area (Å²) in [5.74, 6) is 0.563. The fourth-order valence-electron chi connectivity index (χ4n) is 3.42. The van der Waals surface area contributed by atoms with Gasteiger partial charge in [-0.05, 0) is 37.8 Å². The Kier molecular flexibility index (Phi) is 5.93. The highest BCUT2D eigenvalue weighted by Gasteiger charge is 2.30. The molecule has 2 heterocycles. The number of benzene rings is 1. The van der Waals surface area contributed by atoms with Crippen molar-refractivity contribution < 1.29 is 5.11 Å². The van der Waals surface area contributed by atoms with E-state index in [0.717, 1.165) is 25.9 Å². The summed E-state index contributed by atoms with van der Waals surface area (Å²) in [6.45, 7) is 6.35. The van der Waals surface area contributed by atoms with Gasteiger partial charge in [0.1, 0.15) is 6.23 Å². The second-order valence-electron chi connectivity index (χ2n) is 7.42. The van der Waals surface area contributed by atoms with Gasteiger partial charge in [0.15, 0.2) is 0 Å². The van der Waals surface area contributed by atoms with Gasteiger partial charge < -0.3 is 21.5 Å². The van der Waals surface area contributed by atoms with Crippen LogP contribution in [0.2, 0.25) is 10.0 Å². The Labute approximate surface area is 169 Å². The lowest BCUT2D eigenvalue weighted by atomic mass is 9.81. The summed E-state index contributed by atoms with van der Waals surface area (Å²) in [7, 11) is 0. The largest absolute Gasteiger partial charge is 0.373 e. The molecule has 1 aromatic carbocycles. The molecule has 1 aliphatic heterocycles. The van der Waals surface area contributed by atoms with Crippen LogP contribution in [0.4, 0.5) is 5.95 Å². The zero-order valence-corrected chi connectivity index (χ0v) is 17.1. The number of aromatic nitrogens is 2. The molecule has 6 nitrogen and oxygen atoms in total. The number of nitrogens with zero attached hydrogens (tertiary/aromatic N) is 3. The molecule has 0 amide bonds. The van der Waals surface area contributed by atoms with E-state index in [1.165, 1.54) is 0 Å². The molecule has 3 rings (SSSR count). The van der Waals surface area contributed by atoms with E-state index in [1.54, 1.807) is 12.1 Å². The maximum Gasteiger partial charge on any atom is 0.225 e. The highest BCUT2D eigenvalue weighted by atomic mass is 35.5. The molecule has 0 bridgehead atoms. The monoisotopic (exact) mass is 409 g/mol. The van der Waals surface area contributed by atoms with Crippen molar-refractivity contribution in [2.45, 2.75) is 32.9 Å². The lowest BCUT2D eigenvalue weighted by Crippen LogP contribution is -2.43. The Bertz CT molecular complexity index is 835. The fraction of sp³-hybridized carbons (Fsp3) is 0.474. The first-order chi connectivity index (χ1) is 12.8. The number of piperidine rings is 1. The van der Waals surface area contributed by atoms with Gasteiger partial charge in [-0.3, -0.25) is 0 Å². The average Bonchev–Trinajstić information content (AvgIpc) is 2.64. The molecule has 1 atom stereocenters. The third-order valence-electron chi connectivity index (χ3n) is 5.35. The van der Waals surface area contributed by atoms with Gasteiger partial charge in [0, 0.05) is 24.2 Å². The van der Waals surface area contributed by atoms with Gasteiger partial charge in [-0.15, -0.1) is 0 Å². The Morgan fingerprint density at radius 3 is 2.52 bits per heavy atom. The van der Waals surface area contributed by atoms with Crippen molar-refractivity contribution in [3.63, 3.8) is 0 Å². The normalized spacial score (nSPS) is 17.8. The van der Waals surface area contributed by atoms with Gasteiger partial charge in [-0.25, -0.2) is 9.97 Å². The third kappa shape index (κ3) is 4.05.